The molecule has 23 heavy (non-hydrogen) atoms. The zero-order chi connectivity index (χ0) is 16.7. The minimum atomic E-state index is 0.106. The van der Waals surface area contributed by atoms with Gasteiger partial charge in [0.15, 0.2) is 5.96 Å². The number of rotatable bonds is 6. The Balaban J connectivity index is 1.84. The molecule has 0 bridgehead atoms. The summed E-state index contributed by atoms with van der Waals surface area (Å²) in [7, 11) is 0. The van der Waals surface area contributed by atoms with Gasteiger partial charge in [-0.15, -0.1) is 0 Å². The van der Waals surface area contributed by atoms with E-state index >= 15 is 0 Å². The van der Waals surface area contributed by atoms with Crippen LogP contribution in [0, 0.1) is 11.8 Å². The van der Waals surface area contributed by atoms with Crippen LogP contribution in [0.15, 0.2) is 4.99 Å². The van der Waals surface area contributed by atoms with Crippen molar-refractivity contribution in [3.63, 3.8) is 0 Å². The van der Waals surface area contributed by atoms with Gasteiger partial charge >= 0.3 is 0 Å². The molecular weight excluding hydrogens is 288 g/mol. The van der Waals surface area contributed by atoms with Crippen LogP contribution in [-0.2, 0) is 4.79 Å². The van der Waals surface area contributed by atoms with Crippen LogP contribution >= 0.6 is 0 Å². The van der Waals surface area contributed by atoms with Gasteiger partial charge in [0.1, 0.15) is 0 Å². The Labute approximate surface area is 141 Å². The van der Waals surface area contributed by atoms with E-state index in [1.807, 2.05) is 6.92 Å². The molecule has 1 heterocycles. The second kappa shape index (κ2) is 9.14. The first kappa shape index (κ1) is 18.1. The number of amides is 1. The minimum absolute atomic E-state index is 0.106. The highest BCUT2D eigenvalue weighted by molar-refractivity contribution is 5.81. The molecule has 0 aromatic carbocycles. The Morgan fingerprint density at radius 3 is 2.43 bits per heavy atom. The van der Waals surface area contributed by atoms with E-state index in [0.29, 0.717) is 13.0 Å². The van der Waals surface area contributed by atoms with Gasteiger partial charge in [0.2, 0.25) is 5.91 Å². The Kier molecular flexibility index (Phi) is 7.18. The first-order valence-corrected chi connectivity index (χ1v) is 9.46. The molecule has 132 valence electrons. The van der Waals surface area contributed by atoms with Gasteiger partial charge in [-0.2, -0.15) is 0 Å². The summed E-state index contributed by atoms with van der Waals surface area (Å²) in [6.45, 7) is 9.94. The summed E-state index contributed by atoms with van der Waals surface area (Å²) < 4.78 is 0. The fraction of sp³-hybridized carbons (Fsp3) is 0.889. The maximum absolute atomic E-state index is 11.9. The van der Waals surface area contributed by atoms with Crippen LogP contribution in [0.4, 0.5) is 0 Å². The zero-order valence-corrected chi connectivity index (χ0v) is 15.1. The number of carbonyl (C=O) groups excluding carboxylic acids is 1. The van der Waals surface area contributed by atoms with E-state index in [1.54, 1.807) is 0 Å². The van der Waals surface area contributed by atoms with Crippen LogP contribution in [0.1, 0.15) is 59.3 Å². The molecule has 1 amide bonds. The molecule has 1 saturated carbocycles. The summed E-state index contributed by atoms with van der Waals surface area (Å²) in [6.07, 6.45) is 6.96. The highest BCUT2D eigenvalue weighted by Gasteiger charge is 2.35. The van der Waals surface area contributed by atoms with Crippen molar-refractivity contribution in [1.82, 2.24) is 15.5 Å². The van der Waals surface area contributed by atoms with Crippen molar-refractivity contribution in [1.29, 1.82) is 0 Å². The summed E-state index contributed by atoms with van der Waals surface area (Å²) in [4.78, 5) is 19.0. The highest BCUT2D eigenvalue weighted by atomic mass is 16.1. The quantitative estimate of drug-likeness (QED) is 0.583. The van der Waals surface area contributed by atoms with Gasteiger partial charge in [-0.05, 0) is 44.9 Å². The number of aliphatic imine (C=N–C) groups is 1. The lowest BCUT2D eigenvalue weighted by Crippen LogP contribution is -2.40. The van der Waals surface area contributed by atoms with Crippen LogP contribution in [0.2, 0.25) is 0 Å². The van der Waals surface area contributed by atoms with Crippen molar-refractivity contribution >= 4 is 11.9 Å². The summed E-state index contributed by atoms with van der Waals surface area (Å²) in [6, 6.07) is 0.251. The normalized spacial score (nSPS) is 25.9. The second-order valence-electron chi connectivity index (χ2n) is 7.07. The fourth-order valence-electron chi connectivity index (χ4n) is 3.72. The lowest BCUT2D eigenvalue weighted by Gasteiger charge is -2.22. The van der Waals surface area contributed by atoms with Crippen molar-refractivity contribution < 1.29 is 4.79 Å². The summed E-state index contributed by atoms with van der Waals surface area (Å²) >= 11 is 0. The molecule has 2 N–H and O–H groups in total. The van der Waals surface area contributed by atoms with Gasteiger partial charge in [0, 0.05) is 32.1 Å². The van der Waals surface area contributed by atoms with Gasteiger partial charge < -0.3 is 15.5 Å². The third-order valence-corrected chi connectivity index (χ3v) is 5.23. The predicted octanol–water partition coefficient (Wildman–Crippen LogP) is 2.38. The van der Waals surface area contributed by atoms with Crippen molar-refractivity contribution in [3.8, 4) is 0 Å². The van der Waals surface area contributed by atoms with E-state index in [0.717, 1.165) is 43.9 Å². The molecule has 5 heteroatoms. The highest BCUT2D eigenvalue weighted by Crippen LogP contribution is 2.35. The molecule has 3 unspecified atom stereocenters. The fourth-order valence-corrected chi connectivity index (χ4v) is 3.72. The van der Waals surface area contributed by atoms with Gasteiger partial charge in [-0.1, -0.05) is 19.8 Å². The molecule has 5 nitrogen and oxygen atoms in total. The van der Waals surface area contributed by atoms with Gasteiger partial charge in [-0.25, -0.2) is 0 Å². The summed E-state index contributed by atoms with van der Waals surface area (Å²) in [5, 5.41) is 6.41. The number of carbonyl (C=O) groups is 1. The average molecular weight is 322 g/mol. The van der Waals surface area contributed by atoms with Crippen LogP contribution in [0.5, 0.6) is 0 Å². The maximum Gasteiger partial charge on any atom is 0.222 e. The van der Waals surface area contributed by atoms with Crippen molar-refractivity contribution in [2.75, 3.05) is 26.2 Å². The molecule has 3 atom stereocenters. The van der Waals surface area contributed by atoms with Crippen molar-refractivity contribution in [3.05, 3.63) is 0 Å². The Bertz CT molecular complexity index is 396. The van der Waals surface area contributed by atoms with E-state index in [1.165, 1.54) is 25.7 Å². The van der Waals surface area contributed by atoms with Gasteiger partial charge in [0.25, 0.3) is 0 Å². The third kappa shape index (κ3) is 5.40. The van der Waals surface area contributed by atoms with Crippen LogP contribution in [0.25, 0.3) is 0 Å². The number of nitrogens with one attached hydrogen (secondary N) is 2. The van der Waals surface area contributed by atoms with Crippen LogP contribution < -0.4 is 10.6 Å². The number of fused-ring (bicyclic) bond motifs is 1. The second-order valence-corrected chi connectivity index (χ2v) is 7.07. The molecule has 2 fully saturated rings. The Morgan fingerprint density at radius 2 is 1.87 bits per heavy atom. The van der Waals surface area contributed by atoms with E-state index in [2.05, 4.69) is 29.4 Å². The third-order valence-electron chi connectivity index (χ3n) is 5.23. The zero-order valence-electron chi connectivity index (χ0n) is 15.1. The monoisotopic (exact) mass is 322 g/mol. The average Bonchev–Trinajstić information content (AvgIpc) is 2.97. The number of guanidine groups is 1. The smallest absolute Gasteiger partial charge is 0.222 e. The Morgan fingerprint density at radius 1 is 1.22 bits per heavy atom. The number of hydrogen-bond acceptors (Lipinski definition) is 2. The van der Waals surface area contributed by atoms with Gasteiger partial charge in [0.05, 0.1) is 6.54 Å². The molecule has 1 aliphatic carbocycles. The molecule has 1 aliphatic heterocycles. The van der Waals surface area contributed by atoms with E-state index in [9.17, 15) is 4.79 Å². The molecule has 0 radical (unpaired) electrons. The first-order chi connectivity index (χ1) is 11.1. The molecule has 2 rings (SSSR count). The lowest BCUT2D eigenvalue weighted by molar-refractivity contribution is -0.121. The van der Waals surface area contributed by atoms with Crippen LogP contribution in [-0.4, -0.2) is 49.0 Å². The standard InChI is InChI=1S/C18H34N4O/c1-4-14(3)21-17(23)10-11-20-18(19-5-2)22-12-15-8-6-7-9-16(15)13-22/h14-16H,4-13H2,1-3H3,(H,19,20)(H,21,23). The summed E-state index contributed by atoms with van der Waals surface area (Å²) in [5.41, 5.74) is 0. The maximum atomic E-state index is 11.9. The van der Waals surface area contributed by atoms with Gasteiger partial charge in [-0.3, -0.25) is 9.79 Å². The summed E-state index contributed by atoms with van der Waals surface area (Å²) in [5.74, 6) is 2.80. The molecular formula is C18H34N4O. The van der Waals surface area contributed by atoms with Crippen LogP contribution in [0.3, 0.4) is 0 Å². The molecule has 1 saturated heterocycles. The molecule has 0 spiro atoms. The lowest BCUT2D eigenvalue weighted by atomic mass is 9.82. The van der Waals surface area contributed by atoms with Crippen molar-refractivity contribution in [2.24, 2.45) is 16.8 Å². The molecule has 2 aliphatic rings. The van der Waals surface area contributed by atoms with Crippen molar-refractivity contribution in [2.45, 2.75) is 65.3 Å². The van der Waals surface area contributed by atoms with E-state index in [-0.39, 0.29) is 11.9 Å². The number of likely N-dealkylation sites (tertiary alicyclic amines) is 1. The molecule has 0 aromatic rings. The molecule has 0 aromatic heterocycles. The Hall–Kier alpha value is -1.26. The number of nitrogens with zero attached hydrogens (tertiary/aromatic N) is 2. The van der Waals surface area contributed by atoms with E-state index < -0.39 is 0 Å². The predicted molar refractivity (Wildman–Crippen MR) is 95.5 cm³/mol. The minimum Gasteiger partial charge on any atom is -0.357 e. The largest absolute Gasteiger partial charge is 0.357 e. The topological polar surface area (TPSA) is 56.7 Å². The number of hydrogen-bond donors (Lipinski definition) is 2. The first-order valence-electron chi connectivity index (χ1n) is 9.46. The van der Waals surface area contributed by atoms with E-state index in [4.69, 9.17) is 4.99 Å². The SMILES string of the molecule is CCNC(=NCCC(=O)NC(C)CC)N1CC2CCCCC2C1.